The normalized spacial score (nSPS) is 11.4. The van der Waals surface area contributed by atoms with Gasteiger partial charge in [-0.1, -0.05) is 0 Å². The summed E-state index contributed by atoms with van der Waals surface area (Å²) in [6.07, 6.45) is -0.288. The summed E-state index contributed by atoms with van der Waals surface area (Å²) < 4.78 is 40.9. The fourth-order valence-corrected chi connectivity index (χ4v) is 2.80. The highest BCUT2D eigenvalue weighted by Gasteiger charge is 2.30. The van der Waals surface area contributed by atoms with Crippen LogP contribution in [-0.2, 0) is 0 Å². The summed E-state index contributed by atoms with van der Waals surface area (Å²) in [6, 6.07) is 8.46. The van der Waals surface area contributed by atoms with Crippen molar-refractivity contribution in [2.75, 3.05) is 11.1 Å². The molecule has 11 heteroatoms. The molecule has 0 radical (unpaired) electrons. The zero-order valence-electron chi connectivity index (χ0n) is 15.1. The van der Waals surface area contributed by atoms with Crippen LogP contribution in [0, 0.1) is 0 Å². The second kappa shape index (κ2) is 7.35. The first-order valence-corrected chi connectivity index (χ1v) is 8.52. The molecule has 1 aromatic carbocycles. The predicted molar refractivity (Wildman–Crippen MR) is 104 cm³/mol. The number of ether oxygens (including phenoxy) is 1. The molecular weight excluding hydrogens is 401 g/mol. The highest BCUT2D eigenvalue weighted by molar-refractivity contribution is 5.95. The van der Waals surface area contributed by atoms with Crippen molar-refractivity contribution in [2.45, 2.75) is 6.36 Å². The monoisotopic (exact) mass is 414 g/mol. The lowest BCUT2D eigenvalue weighted by Crippen LogP contribution is -2.17. The Hall–Kier alpha value is -4.15. The van der Waals surface area contributed by atoms with Crippen LogP contribution < -0.4 is 21.3 Å². The van der Waals surface area contributed by atoms with E-state index in [0.29, 0.717) is 22.3 Å². The highest BCUT2D eigenvalue weighted by Crippen LogP contribution is 2.29. The van der Waals surface area contributed by atoms with Gasteiger partial charge in [0.25, 0.3) is 5.56 Å². The molecule has 4 aromatic rings. The Morgan fingerprint density at radius 1 is 1.07 bits per heavy atom. The van der Waals surface area contributed by atoms with Gasteiger partial charge < -0.3 is 20.8 Å². The van der Waals surface area contributed by atoms with Gasteiger partial charge in [-0.2, -0.15) is 0 Å². The molecular formula is C19H13F3N6O2. The number of aromatic amines is 1. The third kappa shape index (κ3) is 4.14. The molecule has 0 saturated carbocycles. The molecule has 3 aromatic heterocycles. The number of fused-ring (bicyclic) bond motifs is 1. The largest absolute Gasteiger partial charge is 0.573 e. The fourth-order valence-electron chi connectivity index (χ4n) is 2.80. The summed E-state index contributed by atoms with van der Waals surface area (Å²) in [5.74, 6) is -0.0438. The molecule has 0 bridgehead atoms. The third-order valence-corrected chi connectivity index (χ3v) is 4.07. The van der Waals surface area contributed by atoms with E-state index in [0.717, 1.165) is 12.1 Å². The number of H-pyrrole nitrogens is 1. The van der Waals surface area contributed by atoms with E-state index in [9.17, 15) is 18.0 Å². The van der Waals surface area contributed by atoms with E-state index in [1.54, 1.807) is 12.1 Å². The predicted octanol–water partition coefficient (Wildman–Crippen LogP) is 3.60. The average Bonchev–Trinajstić information content (AvgIpc) is 2.69. The van der Waals surface area contributed by atoms with E-state index in [4.69, 9.17) is 5.73 Å². The van der Waals surface area contributed by atoms with Crippen molar-refractivity contribution in [3.05, 3.63) is 65.3 Å². The molecule has 0 spiro atoms. The second-order valence-electron chi connectivity index (χ2n) is 6.15. The first kappa shape index (κ1) is 19.2. The summed E-state index contributed by atoms with van der Waals surface area (Å²) in [7, 11) is 0. The molecule has 0 aliphatic rings. The molecule has 0 amide bonds. The van der Waals surface area contributed by atoms with Gasteiger partial charge in [0, 0.05) is 29.8 Å². The molecule has 30 heavy (non-hydrogen) atoms. The number of anilines is 3. The van der Waals surface area contributed by atoms with Gasteiger partial charge >= 0.3 is 6.36 Å². The molecule has 8 nitrogen and oxygen atoms in total. The molecule has 3 heterocycles. The molecule has 0 atom stereocenters. The van der Waals surface area contributed by atoms with E-state index < -0.39 is 6.36 Å². The van der Waals surface area contributed by atoms with Crippen LogP contribution in [0.4, 0.5) is 30.6 Å². The van der Waals surface area contributed by atoms with Crippen molar-refractivity contribution in [3.63, 3.8) is 0 Å². The Kier molecular flexibility index (Phi) is 4.70. The minimum atomic E-state index is -4.78. The van der Waals surface area contributed by atoms with E-state index in [1.807, 2.05) is 0 Å². The lowest BCUT2D eigenvalue weighted by atomic mass is 10.1. The van der Waals surface area contributed by atoms with Crippen molar-refractivity contribution >= 4 is 28.2 Å². The maximum Gasteiger partial charge on any atom is 0.573 e. The Morgan fingerprint density at radius 2 is 1.77 bits per heavy atom. The molecule has 4 N–H and O–H groups in total. The number of benzene rings is 1. The van der Waals surface area contributed by atoms with Crippen LogP contribution in [0.2, 0.25) is 0 Å². The minimum Gasteiger partial charge on any atom is -0.406 e. The van der Waals surface area contributed by atoms with Crippen LogP contribution in [0.5, 0.6) is 5.75 Å². The smallest absolute Gasteiger partial charge is 0.406 e. The Morgan fingerprint density at radius 3 is 2.43 bits per heavy atom. The topological polar surface area (TPSA) is 119 Å². The zero-order chi connectivity index (χ0) is 21.3. The van der Waals surface area contributed by atoms with Gasteiger partial charge in [0.05, 0.1) is 11.1 Å². The lowest BCUT2D eigenvalue weighted by Gasteiger charge is -2.12. The van der Waals surface area contributed by atoms with Crippen molar-refractivity contribution in [1.82, 2.24) is 19.9 Å². The van der Waals surface area contributed by atoms with Crippen molar-refractivity contribution < 1.29 is 17.9 Å². The fraction of sp³-hybridized carbons (Fsp3) is 0.0526. The third-order valence-electron chi connectivity index (χ3n) is 4.07. The van der Waals surface area contributed by atoms with Crippen LogP contribution in [0.25, 0.3) is 22.0 Å². The number of aromatic nitrogens is 4. The first-order chi connectivity index (χ1) is 14.3. The number of hydrogen-bond acceptors (Lipinski definition) is 7. The molecule has 152 valence electrons. The number of hydrogen-bond donors (Lipinski definition) is 3. The molecule has 0 aliphatic heterocycles. The van der Waals surface area contributed by atoms with Gasteiger partial charge in [0.1, 0.15) is 11.6 Å². The Balaban J connectivity index is 1.75. The van der Waals surface area contributed by atoms with Crippen LogP contribution in [0.15, 0.2) is 59.8 Å². The number of nitrogens with two attached hydrogens (primary N) is 1. The second-order valence-corrected chi connectivity index (χ2v) is 6.15. The van der Waals surface area contributed by atoms with E-state index in [2.05, 4.69) is 30.0 Å². The van der Waals surface area contributed by atoms with Crippen LogP contribution in [0.1, 0.15) is 0 Å². The minimum absolute atomic E-state index is 0.107. The summed E-state index contributed by atoms with van der Waals surface area (Å²) in [4.78, 5) is 27.3. The first-order valence-electron chi connectivity index (χ1n) is 8.52. The van der Waals surface area contributed by atoms with E-state index >= 15 is 0 Å². The number of nitrogen functional groups attached to an aromatic ring is 1. The van der Waals surface area contributed by atoms with E-state index in [-0.39, 0.29) is 28.5 Å². The van der Waals surface area contributed by atoms with Gasteiger partial charge in [-0.15, -0.1) is 13.2 Å². The summed E-state index contributed by atoms with van der Waals surface area (Å²) in [6.45, 7) is 0. The number of nitrogens with zero attached hydrogens (tertiary/aromatic N) is 3. The SMILES string of the molecule is Nc1ncc(-c2cc3cc[nH]c(=O)c3c(Nc3ccc(OC(F)(F)F)cc3)n2)cn1. The number of alkyl halides is 3. The maximum absolute atomic E-state index is 12.4. The molecule has 0 fully saturated rings. The Labute approximate surface area is 166 Å². The van der Waals surface area contributed by atoms with Gasteiger partial charge in [-0.05, 0) is 41.8 Å². The van der Waals surface area contributed by atoms with Crippen LogP contribution >= 0.6 is 0 Å². The summed E-state index contributed by atoms with van der Waals surface area (Å²) in [5.41, 5.74) is 6.60. The highest BCUT2D eigenvalue weighted by atomic mass is 19.4. The molecule has 4 rings (SSSR count). The van der Waals surface area contributed by atoms with Crippen molar-refractivity contribution in [2.24, 2.45) is 0 Å². The lowest BCUT2D eigenvalue weighted by molar-refractivity contribution is -0.274. The van der Waals surface area contributed by atoms with Crippen molar-refractivity contribution in [3.8, 4) is 17.0 Å². The Bertz CT molecular complexity index is 1250. The van der Waals surface area contributed by atoms with Crippen molar-refractivity contribution in [1.29, 1.82) is 0 Å². The zero-order valence-corrected chi connectivity index (χ0v) is 15.1. The quantitative estimate of drug-likeness (QED) is 0.467. The van der Waals surface area contributed by atoms with Crippen LogP contribution in [0.3, 0.4) is 0 Å². The number of halogens is 3. The standard InChI is InChI=1S/C19H13F3N6O2/c20-19(21,22)30-13-3-1-12(2-4-13)27-16-15-10(5-6-24-17(15)29)7-14(28-16)11-8-25-18(23)26-9-11/h1-9H,(H,24,29)(H,27,28)(H2,23,25,26). The summed E-state index contributed by atoms with van der Waals surface area (Å²) >= 11 is 0. The molecule has 0 unspecified atom stereocenters. The van der Waals surface area contributed by atoms with E-state index in [1.165, 1.54) is 30.7 Å². The number of nitrogens with one attached hydrogen (secondary N) is 2. The van der Waals surface area contributed by atoms with Gasteiger partial charge in [-0.25, -0.2) is 15.0 Å². The van der Waals surface area contributed by atoms with Gasteiger partial charge in [0.2, 0.25) is 5.95 Å². The molecule has 0 aliphatic carbocycles. The van der Waals surface area contributed by atoms with Gasteiger partial charge in [-0.3, -0.25) is 4.79 Å². The maximum atomic E-state index is 12.4. The number of pyridine rings is 2. The molecule has 0 saturated heterocycles. The van der Waals surface area contributed by atoms with Crippen LogP contribution in [-0.4, -0.2) is 26.3 Å². The number of rotatable bonds is 4. The van der Waals surface area contributed by atoms with Gasteiger partial charge in [0.15, 0.2) is 0 Å². The average molecular weight is 414 g/mol. The summed E-state index contributed by atoms with van der Waals surface area (Å²) in [5, 5.41) is 3.85.